The van der Waals surface area contributed by atoms with Crippen LogP contribution >= 0.6 is 11.6 Å². The molecule has 0 bridgehead atoms. The highest BCUT2D eigenvalue weighted by atomic mass is 35.5. The van der Waals surface area contributed by atoms with Crippen LogP contribution in [0.2, 0.25) is 0 Å². The minimum Gasteiger partial charge on any atom is -0.303 e. The molecule has 0 N–H and O–H groups in total. The van der Waals surface area contributed by atoms with Crippen LogP contribution in [0.25, 0.3) is 0 Å². The van der Waals surface area contributed by atoms with E-state index in [2.05, 4.69) is 4.90 Å². The Morgan fingerprint density at radius 2 is 1.87 bits per heavy atom. The Bertz CT molecular complexity index is 221. The molecule has 1 aliphatic heterocycles. The number of alkyl halides is 1. The molecule has 0 aromatic carbocycles. The molecule has 2 saturated carbocycles. The lowest BCUT2D eigenvalue weighted by Crippen LogP contribution is -2.38. The van der Waals surface area contributed by atoms with E-state index >= 15 is 0 Å². The Hall–Kier alpha value is 0.250. The number of nitrogens with zero attached hydrogens (tertiary/aromatic N) is 1. The molecule has 1 heterocycles. The summed E-state index contributed by atoms with van der Waals surface area (Å²) in [5, 5.41) is 0. The van der Waals surface area contributed by atoms with Crippen molar-refractivity contribution in [3.05, 3.63) is 0 Å². The van der Waals surface area contributed by atoms with Crippen molar-refractivity contribution in [2.75, 3.05) is 25.5 Å². The Morgan fingerprint density at radius 1 is 1.07 bits per heavy atom. The molecule has 3 atom stereocenters. The van der Waals surface area contributed by atoms with E-state index in [0.717, 1.165) is 29.6 Å². The Morgan fingerprint density at radius 3 is 2.60 bits per heavy atom. The van der Waals surface area contributed by atoms with Crippen molar-refractivity contribution < 1.29 is 0 Å². The zero-order valence-corrected chi connectivity index (χ0v) is 10.3. The van der Waals surface area contributed by atoms with Gasteiger partial charge in [0.2, 0.25) is 0 Å². The smallest absolute Gasteiger partial charge is 0.0263 e. The number of hydrogen-bond acceptors (Lipinski definition) is 1. The van der Waals surface area contributed by atoms with Crippen LogP contribution in [0.1, 0.15) is 32.1 Å². The molecule has 0 aromatic heterocycles. The molecule has 1 nitrogen and oxygen atoms in total. The third-order valence-corrected chi connectivity index (χ3v) is 5.12. The molecular formula is C13H22ClN. The number of halogens is 1. The molecule has 86 valence electrons. The topological polar surface area (TPSA) is 3.24 Å². The first-order chi connectivity index (χ1) is 7.35. The van der Waals surface area contributed by atoms with E-state index in [1.807, 2.05) is 0 Å². The average Bonchev–Trinajstić information content (AvgIpc) is 2.87. The summed E-state index contributed by atoms with van der Waals surface area (Å²) in [6.45, 7) is 3.98. The van der Waals surface area contributed by atoms with E-state index in [4.69, 9.17) is 11.6 Å². The molecule has 0 aromatic rings. The predicted molar refractivity (Wildman–Crippen MR) is 64.2 cm³/mol. The first-order valence-corrected chi connectivity index (χ1v) is 7.17. The van der Waals surface area contributed by atoms with Gasteiger partial charge in [-0.3, -0.25) is 0 Å². The van der Waals surface area contributed by atoms with Crippen LogP contribution < -0.4 is 0 Å². The van der Waals surface area contributed by atoms with Gasteiger partial charge in [-0.1, -0.05) is 0 Å². The third kappa shape index (κ3) is 2.34. The van der Waals surface area contributed by atoms with Crippen molar-refractivity contribution in [3.63, 3.8) is 0 Å². The summed E-state index contributed by atoms with van der Waals surface area (Å²) >= 11 is 5.97. The highest BCUT2D eigenvalue weighted by molar-refractivity contribution is 6.18. The molecule has 3 unspecified atom stereocenters. The van der Waals surface area contributed by atoms with Crippen molar-refractivity contribution in [2.45, 2.75) is 32.1 Å². The number of likely N-dealkylation sites (tertiary alicyclic amines) is 1. The first kappa shape index (κ1) is 10.4. The number of fused-ring (bicyclic) bond motifs is 1. The maximum Gasteiger partial charge on any atom is 0.0263 e. The standard InChI is InChI=1S/C13H22ClN/c14-7-10-2-1-3-15(8-10)9-11-4-12-6-13(12)5-11/h10-13H,1-9H2. The van der Waals surface area contributed by atoms with Crippen molar-refractivity contribution in [1.82, 2.24) is 4.90 Å². The second-order valence-corrected chi connectivity index (χ2v) is 6.32. The summed E-state index contributed by atoms with van der Waals surface area (Å²) in [5.41, 5.74) is 0. The van der Waals surface area contributed by atoms with E-state index in [1.165, 1.54) is 45.3 Å². The molecule has 15 heavy (non-hydrogen) atoms. The summed E-state index contributed by atoms with van der Waals surface area (Å²) < 4.78 is 0. The second-order valence-electron chi connectivity index (χ2n) is 6.02. The van der Waals surface area contributed by atoms with E-state index in [-0.39, 0.29) is 0 Å². The monoisotopic (exact) mass is 227 g/mol. The summed E-state index contributed by atoms with van der Waals surface area (Å²) in [7, 11) is 0. The van der Waals surface area contributed by atoms with E-state index in [0.29, 0.717) is 0 Å². The normalized spacial score (nSPS) is 45.4. The van der Waals surface area contributed by atoms with Crippen molar-refractivity contribution in [3.8, 4) is 0 Å². The van der Waals surface area contributed by atoms with E-state index in [1.54, 1.807) is 6.42 Å². The van der Waals surface area contributed by atoms with Gasteiger partial charge in [-0.2, -0.15) is 0 Å². The average molecular weight is 228 g/mol. The summed E-state index contributed by atoms with van der Waals surface area (Å²) in [4.78, 5) is 2.69. The van der Waals surface area contributed by atoms with Gasteiger partial charge in [0.15, 0.2) is 0 Å². The Labute approximate surface area is 98.2 Å². The van der Waals surface area contributed by atoms with Gasteiger partial charge in [-0.05, 0) is 62.3 Å². The molecule has 2 aliphatic carbocycles. The predicted octanol–water partition coefficient (Wildman–Crippen LogP) is 2.98. The fourth-order valence-corrected chi connectivity index (χ4v) is 4.05. The van der Waals surface area contributed by atoms with Crippen molar-refractivity contribution in [2.24, 2.45) is 23.7 Å². The van der Waals surface area contributed by atoms with Crippen molar-refractivity contribution >= 4 is 11.6 Å². The van der Waals surface area contributed by atoms with Crippen LogP contribution in [0.5, 0.6) is 0 Å². The summed E-state index contributed by atoms with van der Waals surface area (Å²) in [6.07, 6.45) is 7.35. The minimum absolute atomic E-state index is 0.774. The van der Waals surface area contributed by atoms with Gasteiger partial charge in [0, 0.05) is 19.0 Å². The fourth-order valence-electron chi connectivity index (χ4n) is 3.80. The maximum absolute atomic E-state index is 5.97. The maximum atomic E-state index is 5.97. The van der Waals surface area contributed by atoms with Gasteiger partial charge >= 0.3 is 0 Å². The van der Waals surface area contributed by atoms with Gasteiger partial charge in [0.1, 0.15) is 0 Å². The molecule has 0 spiro atoms. The van der Waals surface area contributed by atoms with Crippen LogP contribution in [-0.4, -0.2) is 30.4 Å². The van der Waals surface area contributed by atoms with Crippen LogP contribution in [0, 0.1) is 23.7 Å². The minimum atomic E-state index is 0.774. The van der Waals surface area contributed by atoms with E-state index < -0.39 is 0 Å². The Balaban J connectivity index is 1.46. The van der Waals surface area contributed by atoms with Gasteiger partial charge < -0.3 is 4.90 Å². The SMILES string of the molecule is ClCC1CCCN(CC2CC3CC3C2)C1. The molecule has 2 heteroatoms. The zero-order valence-electron chi connectivity index (χ0n) is 9.50. The van der Waals surface area contributed by atoms with Crippen LogP contribution in [0.4, 0.5) is 0 Å². The quantitative estimate of drug-likeness (QED) is 0.671. The number of hydrogen-bond donors (Lipinski definition) is 0. The molecule has 0 amide bonds. The first-order valence-electron chi connectivity index (χ1n) is 6.63. The summed E-state index contributed by atoms with van der Waals surface area (Å²) in [5.74, 6) is 4.96. The van der Waals surface area contributed by atoms with E-state index in [9.17, 15) is 0 Å². The van der Waals surface area contributed by atoms with Crippen LogP contribution in [0.15, 0.2) is 0 Å². The van der Waals surface area contributed by atoms with Crippen LogP contribution in [0.3, 0.4) is 0 Å². The molecule has 0 radical (unpaired) electrons. The number of piperidine rings is 1. The third-order valence-electron chi connectivity index (χ3n) is 4.68. The molecular weight excluding hydrogens is 206 g/mol. The lowest BCUT2D eigenvalue weighted by atomic mass is 9.97. The molecule has 3 aliphatic rings. The molecule has 3 fully saturated rings. The summed E-state index contributed by atoms with van der Waals surface area (Å²) in [6, 6.07) is 0. The van der Waals surface area contributed by atoms with Crippen molar-refractivity contribution in [1.29, 1.82) is 0 Å². The van der Waals surface area contributed by atoms with Gasteiger partial charge in [-0.25, -0.2) is 0 Å². The van der Waals surface area contributed by atoms with Crippen LogP contribution in [-0.2, 0) is 0 Å². The second kappa shape index (κ2) is 4.25. The zero-order chi connectivity index (χ0) is 10.3. The molecule has 1 saturated heterocycles. The molecule has 3 rings (SSSR count). The number of rotatable bonds is 3. The lowest BCUT2D eigenvalue weighted by molar-refractivity contribution is 0.157. The van der Waals surface area contributed by atoms with Gasteiger partial charge in [0.25, 0.3) is 0 Å². The largest absolute Gasteiger partial charge is 0.303 e. The van der Waals surface area contributed by atoms with Gasteiger partial charge in [0.05, 0.1) is 0 Å². The lowest BCUT2D eigenvalue weighted by Gasteiger charge is -2.33. The fraction of sp³-hybridized carbons (Fsp3) is 1.00. The van der Waals surface area contributed by atoms with Gasteiger partial charge in [-0.15, -0.1) is 11.6 Å². The highest BCUT2D eigenvalue weighted by Gasteiger charge is 2.45. The highest BCUT2D eigenvalue weighted by Crippen LogP contribution is 2.54. The Kier molecular flexibility index (Phi) is 2.95.